The molecule has 0 spiro atoms. The molecule has 0 radical (unpaired) electrons. The van der Waals surface area contributed by atoms with Crippen LogP contribution in [0.1, 0.15) is 55.4 Å². The number of carboxylic acids is 2. The van der Waals surface area contributed by atoms with Crippen molar-refractivity contribution in [2.75, 3.05) is 0 Å². The number of carbonyl (C=O) groups is 4. The molecule has 258 valence electrons. The number of alkyl halides is 6. The minimum atomic E-state index is -5.08. The number of benzene rings is 2. The van der Waals surface area contributed by atoms with E-state index >= 15 is 0 Å². The molecule has 1 saturated heterocycles. The van der Waals surface area contributed by atoms with Gasteiger partial charge >= 0.3 is 30.4 Å². The molecule has 4 rings (SSSR count). The minimum absolute atomic E-state index is 0.0938. The fourth-order valence-corrected chi connectivity index (χ4v) is 5.18. The molecule has 1 fully saturated rings. The molecule has 20 heteroatoms. The Morgan fingerprint density at radius 2 is 1.47 bits per heavy atom. The summed E-state index contributed by atoms with van der Waals surface area (Å²) in [5.41, 5.74) is 2.37. The molecule has 2 heterocycles. The van der Waals surface area contributed by atoms with Gasteiger partial charge in [-0.3, -0.25) is 9.52 Å². The first-order valence-corrected chi connectivity index (χ1v) is 14.6. The number of ether oxygens (including phenoxy) is 1. The topological polar surface area (TPSA) is 205 Å². The van der Waals surface area contributed by atoms with Crippen molar-refractivity contribution >= 4 is 45.0 Å². The van der Waals surface area contributed by atoms with Gasteiger partial charge in [-0.1, -0.05) is 36.4 Å². The molecule has 1 aliphatic rings. The molecule has 2 atom stereocenters. The maximum absolute atomic E-state index is 12.5. The summed E-state index contributed by atoms with van der Waals surface area (Å²) in [6.45, 7) is 5.37. The number of carboxylic acid groups (broad SMARTS) is 2. The molecule has 1 aromatic heterocycles. The number of H-pyrrole nitrogens is 1. The van der Waals surface area contributed by atoms with Gasteiger partial charge in [-0.15, -0.1) is 0 Å². The Balaban J connectivity index is 0.000000459. The number of nitrogens with one attached hydrogen (secondary N) is 3. The minimum Gasteiger partial charge on any atom is -0.475 e. The molecule has 0 bridgehead atoms. The van der Waals surface area contributed by atoms with Crippen molar-refractivity contribution in [2.24, 2.45) is 0 Å². The molecule has 1 unspecified atom stereocenters. The Bertz CT molecular complexity index is 1640. The third-order valence-corrected chi connectivity index (χ3v) is 7.41. The normalized spacial score (nSPS) is 16.4. The number of amides is 2. The number of sulfonamides is 1. The van der Waals surface area contributed by atoms with Gasteiger partial charge in [0, 0.05) is 6.42 Å². The van der Waals surface area contributed by atoms with Crippen molar-refractivity contribution in [3.63, 3.8) is 0 Å². The van der Waals surface area contributed by atoms with Gasteiger partial charge < -0.3 is 25.3 Å². The number of hydrogen-bond acceptors (Lipinski definition) is 8. The zero-order valence-corrected chi connectivity index (χ0v) is 25.4. The number of aromatic nitrogens is 2. The fraction of sp³-hybridized carbons (Fsp3) is 0.370. The van der Waals surface area contributed by atoms with Gasteiger partial charge in [0.2, 0.25) is 15.9 Å². The summed E-state index contributed by atoms with van der Waals surface area (Å²) in [7, 11) is -3.70. The van der Waals surface area contributed by atoms with E-state index in [-0.39, 0.29) is 6.42 Å². The van der Waals surface area contributed by atoms with E-state index in [0.717, 1.165) is 16.6 Å². The van der Waals surface area contributed by atoms with Crippen LogP contribution in [0.4, 0.5) is 31.1 Å². The number of fused-ring (bicyclic) bond motifs is 1. The number of alkyl carbamates (subject to hydrolysis) is 1. The van der Waals surface area contributed by atoms with Crippen LogP contribution in [0.15, 0.2) is 48.5 Å². The van der Waals surface area contributed by atoms with Crippen molar-refractivity contribution in [3.05, 3.63) is 65.5 Å². The van der Waals surface area contributed by atoms with Crippen LogP contribution in [0.5, 0.6) is 0 Å². The smallest absolute Gasteiger partial charge is 0.475 e. The van der Waals surface area contributed by atoms with E-state index in [9.17, 15) is 44.3 Å². The number of aliphatic carboxylic acids is 2. The van der Waals surface area contributed by atoms with E-state index in [1.807, 2.05) is 29.0 Å². The van der Waals surface area contributed by atoms with Gasteiger partial charge in [-0.25, -0.2) is 27.8 Å². The van der Waals surface area contributed by atoms with Crippen LogP contribution in [-0.4, -0.2) is 70.5 Å². The Morgan fingerprint density at radius 1 is 0.957 bits per heavy atom. The number of imidazole rings is 1. The highest BCUT2D eigenvalue weighted by atomic mass is 32.2. The van der Waals surface area contributed by atoms with E-state index in [4.69, 9.17) is 24.5 Å². The van der Waals surface area contributed by atoms with Gasteiger partial charge in [-0.2, -0.15) is 26.3 Å². The molecule has 0 saturated carbocycles. The number of halogens is 6. The number of carbonyl (C=O) groups excluding carboxylic acids is 2. The van der Waals surface area contributed by atoms with Crippen molar-refractivity contribution in [1.82, 2.24) is 20.0 Å². The zero-order valence-electron chi connectivity index (χ0n) is 24.6. The largest absolute Gasteiger partial charge is 0.490 e. The lowest BCUT2D eigenvalue weighted by Gasteiger charge is -2.23. The van der Waals surface area contributed by atoms with Gasteiger partial charge in [0.1, 0.15) is 16.7 Å². The van der Waals surface area contributed by atoms with Crippen LogP contribution < -0.4 is 10.0 Å². The van der Waals surface area contributed by atoms with E-state index in [0.29, 0.717) is 17.8 Å². The van der Waals surface area contributed by atoms with Gasteiger partial charge in [0.05, 0.1) is 23.5 Å². The average molecular weight is 699 g/mol. The molecular formula is C27H28F6N4O9S. The second kappa shape index (κ2) is 14.7. The summed E-state index contributed by atoms with van der Waals surface area (Å²) >= 11 is 0. The second-order valence-corrected chi connectivity index (χ2v) is 12.5. The summed E-state index contributed by atoms with van der Waals surface area (Å²) in [5.74, 6) is -5.44. The Kier molecular flexibility index (Phi) is 12.0. The number of para-hydroxylation sites is 2. The first-order chi connectivity index (χ1) is 21.4. The van der Waals surface area contributed by atoms with Crippen LogP contribution in [0.25, 0.3) is 11.0 Å². The van der Waals surface area contributed by atoms with Crippen molar-refractivity contribution in [2.45, 2.75) is 62.9 Å². The van der Waals surface area contributed by atoms with Gasteiger partial charge in [-0.05, 0) is 44.0 Å². The van der Waals surface area contributed by atoms with E-state index in [1.165, 1.54) is 0 Å². The van der Waals surface area contributed by atoms with Crippen LogP contribution in [0.2, 0.25) is 0 Å². The monoisotopic (exact) mass is 698 g/mol. The molecule has 0 aliphatic carbocycles. The molecular weight excluding hydrogens is 670 g/mol. The summed E-state index contributed by atoms with van der Waals surface area (Å²) in [6.07, 6.45) is -10.4. The van der Waals surface area contributed by atoms with Gasteiger partial charge in [0.25, 0.3) is 0 Å². The summed E-state index contributed by atoms with van der Waals surface area (Å²) in [4.78, 5) is 49.7. The Morgan fingerprint density at radius 3 is 1.89 bits per heavy atom. The number of hydrogen-bond donors (Lipinski definition) is 5. The molecule has 2 aromatic carbocycles. The quantitative estimate of drug-likeness (QED) is 0.236. The first kappa shape index (κ1) is 38.3. The molecule has 5 N–H and O–H groups in total. The van der Waals surface area contributed by atoms with E-state index < -0.39 is 63.2 Å². The summed E-state index contributed by atoms with van der Waals surface area (Å²) in [5, 5.41) is 16.2. The van der Waals surface area contributed by atoms with Crippen molar-refractivity contribution in [1.29, 1.82) is 0 Å². The maximum Gasteiger partial charge on any atom is 0.490 e. The average Bonchev–Trinajstić information content (AvgIpc) is 3.46. The van der Waals surface area contributed by atoms with Gasteiger partial charge in [0.15, 0.2) is 0 Å². The highest BCUT2D eigenvalue weighted by Crippen LogP contribution is 2.30. The number of nitrogens with zero attached hydrogens (tertiary/aromatic N) is 1. The first-order valence-electron chi connectivity index (χ1n) is 13.1. The predicted octanol–water partition coefficient (Wildman–Crippen LogP) is 4.53. The molecule has 3 aromatic rings. The van der Waals surface area contributed by atoms with Crippen LogP contribution in [0, 0.1) is 0 Å². The lowest BCUT2D eigenvalue weighted by molar-refractivity contribution is -0.193. The standard InChI is InChI=1S/C23H26N4O5S.2C2HF3O2/c1-23(2,3)32-22(29)26-18(21-24-16-6-4-5-7-17(16)25-21)12-14-8-10-15(11-9-14)19-13-20(28)27-33(19,30)31;2*3-2(4,5)1(6)7/h4-11,18-19H,12-13H2,1-3H3,(H,24,25)(H,26,29)(H,27,28);2*(H,6,7)/t18-,19?;;/m0../s1. The van der Waals surface area contributed by atoms with Crippen LogP contribution >= 0.6 is 0 Å². The zero-order chi connectivity index (χ0) is 36.0. The highest BCUT2D eigenvalue weighted by Gasteiger charge is 2.39. The molecule has 1 aliphatic heterocycles. The van der Waals surface area contributed by atoms with E-state index in [1.54, 1.807) is 45.0 Å². The lowest BCUT2D eigenvalue weighted by atomic mass is 10.0. The summed E-state index contributed by atoms with van der Waals surface area (Å²) in [6, 6.07) is 14.0. The third-order valence-electron chi connectivity index (χ3n) is 5.71. The summed E-state index contributed by atoms with van der Waals surface area (Å²) < 4.78 is 95.2. The lowest BCUT2D eigenvalue weighted by Crippen LogP contribution is -2.36. The predicted molar refractivity (Wildman–Crippen MR) is 150 cm³/mol. The van der Waals surface area contributed by atoms with Crippen LogP contribution in [0.3, 0.4) is 0 Å². The molecule has 2 amide bonds. The van der Waals surface area contributed by atoms with Crippen molar-refractivity contribution < 1.29 is 68.9 Å². The van der Waals surface area contributed by atoms with Crippen molar-refractivity contribution in [3.8, 4) is 0 Å². The van der Waals surface area contributed by atoms with Crippen LogP contribution in [-0.2, 0) is 35.6 Å². The fourth-order valence-electron chi connectivity index (χ4n) is 3.75. The Labute approximate surface area is 262 Å². The Hall–Kier alpha value is -4.88. The second-order valence-electron chi connectivity index (χ2n) is 10.7. The number of rotatable bonds is 5. The highest BCUT2D eigenvalue weighted by molar-refractivity contribution is 7.90. The molecule has 13 nitrogen and oxygen atoms in total. The SMILES string of the molecule is CC(C)(C)OC(=O)N[C@@H](Cc1ccc(C2CC(=O)NS2(=O)=O)cc1)c1nc2ccccc2[nH]1.O=C(O)C(F)(F)F.O=C(O)C(F)(F)F. The molecule has 47 heavy (non-hydrogen) atoms. The third kappa shape index (κ3) is 12.1. The number of aromatic amines is 1. The maximum atomic E-state index is 12.5. The van der Waals surface area contributed by atoms with E-state index in [2.05, 4.69) is 15.3 Å².